The Bertz CT molecular complexity index is 1270. The lowest BCUT2D eigenvalue weighted by Gasteiger charge is -2.19. The molecule has 2 aromatic carbocycles. The SMILES string of the molecule is COc1cc2c(NC(C)c3cc(N)cc(C(F)(F)F)c3)nc3nccn3c2cc1OC. The van der Waals surface area contributed by atoms with Gasteiger partial charge in [-0.3, -0.25) is 4.40 Å². The van der Waals surface area contributed by atoms with E-state index in [-0.39, 0.29) is 5.69 Å². The Morgan fingerprint density at radius 1 is 1.06 bits per heavy atom. The van der Waals surface area contributed by atoms with Gasteiger partial charge >= 0.3 is 6.18 Å². The first-order chi connectivity index (χ1) is 14.7. The van der Waals surface area contributed by atoms with Crippen LogP contribution >= 0.6 is 0 Å². The molecular formula is C21H20F3N5O2. The summed E-state index contributed by atoms with van der Waals surface area (Å²) in [4.78, 5) is 8.78. The zero-order valence-electron chi connectivity index (χ0n) is 17.0. The predicted molar refractivity (Wildman–Crippen MR) is 111 cm³/mol. The van der Waals surface area contributed by atoms with Crippen molar-refractivity contribution < 1.29 is 22.6 Å². The zero-order valence-corrected chi connectivity index (χ0v) is 17.0. The number of benzene rings is 2. The van der Waals surface area contributed by atoms with Crippen molar-refractivity contribution in [3.8, 4) is 11.5 Å². The van der Waals surface area contributed by atoms with E-state index in [1.165, 1.54) is 20.3 Å². The van der Waals surface area contributed by atoms with E-state index in [1.54, 1.807) is 35.9 Å². The Labute approximate surface area is 175 Å². The van der Waals surface area contributed by atoms with Crippen LogP contribution in [-0.4, -0.2) is 28.6 Å². The van der Waals surface area contributed by atoms with Crippen LogP contribution in [0.4, 0.5) is 24.7 Å². The minimum absolute atomic E-state index is 0.0337. The van der Waals surface area contributed by atoms with Crippen molar-refractivity contribution in [1.82, 2.24) is 14.4 Å². The van der Waals surface area contributed by atoms with Gasteiger partial charge in [-0.25, -0.2) is 4.98 Å². The van der Waals surface area contributed by atoms with Gasteiger partial charge in [-0.2, -0.15) is 18.2 Å². The van der Waals surface area contributed by atoms with Crippen LogP contribution in [0.25, 0.3) is 16.7 Å². The molecule has 0 radical (unpaired) electrons. The van der Waals surface area contributed by atoms with Gasteiger partial charge in [0.25, 0.3) is 0 Å². The molecule has 2 heterocycles. The second-order valence-corrected chi connectivity index (χ2v) is 7.03. The maximum absolute atomic E-state index is 13.2. The smallest absolute Gasteiger partial charge is 0.416 e. The first-order valence-corrected chi connectivity index (χ1v) is 9.34. The molecule has 0 fully saturated rings. The number of nitrogens with one attached hydrogen (secondary N) is 1. The summed E-state index contributed by atoms with van der Waals surface area (Å²) in [6.07, 6.45) is -1.12. The fourth-order valence-corrected chi connectivity index (χ4v) is 3.47. The number of methoxy groups -OCH3 is 2. The van der Waals surface area contributed by atoms with Crippen molar-refractivity contribution in [2.24, 2.45) is 0 Å². The van der Waals surface area contributed by atoms with Gasteiger partial charge in [-0.1, -0.05) is 0 Å². The molecule has 4 rings (SSSR count). The molecule has 0 saturated heterocycles. The number of fused-ring (bicyclic) bond motifs is 3. The molecule has 2 aromatic heterocycles. The predicted octanol–water partition coefficient (Wildman–Crippen LogP) is 4.67. The van der Waals surface area contributed by atoms with Crippen LogP contribution in [0.15, 0.2) is 42.7 Å². The lowest BCUT2D eigenvalue weighted by atomic mass is 10.0. The molecule has 162 valence electrons. The zero-order chi connectivity index (χ0) is 22.3. The first kappa shape index (κ1) is 20.6. The number of nitrogens with zero attached hydrogens (tertiary/aromatic N) is 3. The number of nitrogen functional groups attached to an aromatic ring is 1. The van der Waals surface area contributed by atoms with Gasteiger partial charge in [0.15, 0.2) is 11.5 Å². The van der Waals surface area contributed by atoms with Crippen LogP contribution < -0.4 is 20.5 Å². The van der Waals surface area contributed by atoms with Crippen molar-refractivity contribution in [1.29, 1.82) is 0 Å². The monoisotopic (exact) mass is 431 g/mol. The molecule has 0 amide bonds. The summed E-state index contributed by atoms with van der Waals surface area (Å²) in [5.74, 6) is 1.90. The Kier molecular flexibility index (Phi) is 5.00. The highest BCUT2D eigenvalue weighted by Crippen LogP contribution is 2.37. The van der Waals surface area contributed by atoms with E-state index in [0.717, 1.165) is 17.6 Å². The van der Waals surface area contributed by atoms with Gasteiger partial charge in [0.2, 0.25) is 5.78 Å². The van der Waals surface area contributed by atoms with E-state index in [9.17, 15) is 13.2 Å². The van der Waals surface area contributed by atoms with Gasteiger partial charge in [-0.05, 0) is 36.8 Å². The number of hydrogen-bond acceptors (Lipinski definition) is 6. The highest BCUT2D eigenvalue weighted by atomic mass is 19.4. The van der Waals surface area contributed by atoms with E-state index in [1.807, 2.05) is 0 Å². The molecule has 0 aliphatic heterocycles. The topological polar surface area (TPSA) is 86.7 Å². The van der Waals surface area contributed by atoms with E-state index >= 15 is 0 Å². The average molecular weight is 431 g/mol. The van der Waals surface area contributed by atoms with E-state index < -0.39 is 17.8 Å². The molecule has 0 bridgehead atoms. The average Bonchev–Trinajstić information content (AvgIpc) is 3.20. The van der Waals surface area contributed by atoms with Gasteiger partial charge < -0.3 is 20.5 Å². The van der Waals surface area contributed by atoms with Crippen molar-refractivity contribution in [2.45, 2.75) is 19.1 Å². The molecule has 7 nitrogen and oxygen atoms in total. The maximum Gasteiger partial charge on any atom is 0.416 e. The molecule has 1 unspecified atom stereocenters. The van der Waals surface area contributed by atoms with Crippen molar-refractivity contribution in [2.75, 3.05) is 25.3 Å². The summed E-state index contributed by atoms with van der Waals surface area (Å²) < 4.78 is 52.2. The number of ether oxygens (including phenoxy) is 2. The van der Waals surface area contributed by atoms with Gasteiger partial charge in [0.05, 0.1) is 31.3 Å². The highest BCUT2D eigenvalue weighted by Gasteiger charge is 2.31. The third-order valence-electron chi connectivity index (χ3n) is 5.01. The highest BCUT2D eigenvalue weighted by molar-refractivity contribution is 5.93. The fraction of sp³-hybridized carbons (Fsp3) is 0.238. The maximum atomic E-state index is 13.2. The number of imidazole rings is 1. The molecular weight excluding hydrogens is 411 g/mol. The minimum atomic E-state index is -4.49. The van der Waals surface area contributed by atoms with E-state index in [0.29, 0.717) is 34.0 Å². The summed E-state index contributed by atoms with van der Waals surface area (Å²) in [6, 6.07) is 6.53. The van der Waals surface area contributed by atoms with Crippen LogP contribution in [0.2, 0.25) is 0 Å². The number of aromatic nitrogens is 3. The second-order valence-electron chi connectivity index (χ2n) is 7.03. The molecule has 3 N–H and O–H groups in total. The number of anilines is 2. The Balaban J connectivity index is 1.83. The summed E-state index contributed by atoms with van der Waals surface area (Å²) in [6.45, 7) is 1.74. The molecule has 0 aliphatic rings. The second kappa shape index (κ2) is 7.53. The first-order valence-electron chi connectivity index (χ1n) is 9.34. The van der Waals surface area contributed by atoms with Gasteiger partial charge in [-0.15, -0.1) is 0 Å². The largest absolute Gasteiger partial charge is 0.493 e. The summed E-state index contributed by atoms with van der Waals surface area (Å²) in [5, 5.41) is 3.88. The lowest BCUT2D eigenvalue weighted by Crippen LogP contribution is -2.13. The Morgan fingerprint density at radius 2 is 1.77 bits per heavy atom. The number of rotatable bonds is 5. The van der Waals surface area contributed by atoms with Crippen molar-refractivity contribution in [3.05, 3.63) is 53.9 Å². The fourth-order valence-electron chi connectivity index (χ4n) is 3.47. The summed E-state index contributed by atoms with van der Waals surface area (Å²) >= 11 is 0. The molecule has 4 aromatic rings. The Morgan fingerprint density at radius 3 is 2.45 bits per heavy atom. The van der Waals surface area contributed by atoms with Crippen LogP contribution in [-0.2, 0) is 6.18 Å². The minimum Gasteiger partial charge on any atom is -0.493 e. The number of halogens is 3. The van der Waals surface area contributed by atoms with Crippen LogP contribution in [0.5, 0.6) is 11.5 Å². The third kappa shape index (κ3) is 3.76. The summed E-state index contributed by atoms with van der Waals surface area (Å²) in [5.41, 5.74) is 6.08. The third-order valence-corrected chi connectivity index (χ3v) is 5.01. The molecule has 31 heavy (non-hydrogen) atoms. The van der Waals surface area contributed by atoms with Crippen molar-refractivity contribution >= 4 is 28.2 Å². The summed E-state index contributed by atoms with van der Waals surface area (Å²) in [7, 11) is 3.06. The lowest BCUT2D eigenvalue weighted by molar-refractivity contribution is -0.137. The molecule has 0 spiro atoms. The van der Waals surface area contributed by atoms with E-state index in [2.05, 4.69) is 15.3 Å². The molecule has 10 heteroatoms. The van der Waals surface area contributed by atoms with Crippen LogP contribution in [0.1, 0.15) is 24.1 Å². The van der Waals surface area contributed by atoms with Crippen molar-refractivity contribution in [3.63, 3.8) is 0 Å². The molecule has 0 aliphatic carbocycles. The quantitative estimate of drug-likeness (QED) is 0.447. The van der Waals surface area contributed by atoms with Crippen LogP contribution in [0.3, 0.4) is 0 Å². The van der Waals surface area contributed by atoms with Crippen LogP contribution in [0, 0.1) is 0 Å². The standard InChI is InChI=1S/C21H20F3N5O2/c1-11(12-6-13(21(22,23)24)8-14(25)7-12)27-19-15-9-17(30-2)18(31-3)10-16(15)29-5-4-26-20(29)28-19/h4-11H,25H2,1-3H3,(H,26,27,28). The number of alkyl halides is 3. The normalized spacial score (nSPS) is 12.8. The number of nitrogens with two attached hydrogens (primary N) is 1. The van der Waals surface area contributed by atoms with Gasteiger partial charge in [0, 0.05) is 29.5 Å². The van der Waals surface area contributed by atoms with Gasteiger partial charge in [0.1, 0.15) is 5.82 Å². The molecule has 0 saturated carbocycles. The molecule has 1 atom stereocenters. The van der Waals surface area contributed by atoms with E-state index in [4.69, 9.17) is 15.2 Å². The number of hydrogen-bond donors (Lipinski definition) is 2. The Hall–Kier alpha value is -3.69.